The number of nitrogens with zero attached hydrogens (tertiary/aromatic N) is 3. The molecule has 0 fully saturated rings. The van der Waals surface area contributed by atoms with Crippen molar-refractivity contribution in [2.75, 3.05) is 0 Å². The Labute approximate surface area is 326 Å². The van der Waals surface area contributed by atoms with Crippen molar-refractivity contribution in [2.24, 2.45) is 0 Å². The molecule has 0 saturated heterocycles. The molecule has 8 aromatic carbocycles. The molecule has 10 aromatic rings. The molecule has 0 saturated carbocycles. The van der Waals surface area contributed by atoms with Gasteiger partial charge in [-0.2, -0.15) is 0 Å². The Morgan fingerprint density at radius 2 is 0.696 bits per heavy atom. The number of benzene rings is 8. The Kier molecular flexibility index (Phi) is 8.51. The molecule has 10 rings (SSSR count). The lowest BCUT2D eigenvalue weighted by Crippen LogP contribution is -1.96. The highest BCUT2D eigenvalue weighted by Crippen LogP contribution is 2.41. The first-order chi connectivity index (χ1) is 27.7. The Bertz CT molecular complexity index is 2980. The van der Waals surface area contributed by atoms with Gasteiger partial charge in [0.25, 0.3) is 0 Å². The third-order valence-corrected chi connectivity index (χ3v) is 10.5. The number of hydrogen-bond acceptors (Lipinski definition) is 3. The second-order valence-electron chi connectivity index (χ2n) is 14.0. The molecular weight excluding hydrogens is 679 g/mol. The van der Waals surface area contributed by atoms with Gasteiger partial charge in [0.2, 0.25) is 0 Å². The van der Waals surface area contributed by atoms with E-state index in [0.29, 0.717) is 5.82 Å². The number of pyridine rings is 1. The number of rotatable bonds is 7. The number of aromatic nitrogens is 3. The summed E-state index contributed by atoms with van der Waals surface area (Å²) in [6.45, 7) is 0. The highest BCUT2D eigenvalue weighted by atomic mass is 14.9. The molecule has 3 nitrogen and oxygen atoms in total. The van der Waals surface area contributed by atoms with Crippen molar-refractivity contribution in [1.29, 1.82) is 0 Å². The summed E-state index contributed by atoms with van der Waals surface area (Å²) in [5.41, 5.74) is 14.7. The fourth-order valence-corrected chi connectivity index (χ4v) is 7.71. The summed E-state index contributed by atoms with van der Waals surface area (Å²) in [7, 11) is 0. The van der Waals surface area contributed by atoms with Crippen LogP contribution in [-0.4, -0.2) is 15.0 Å². The van der Waals surface area contributed by atoms with Gasteiger partial charge in [-0.3, -0.25) is 0 Å². The topological polar surface area (TPSA) is 38.7 Å². The van der Waals surface area contributed by atoms with Crippen LogP contribution in [0.4, 0.5) is 0 Å². The number of fused-ring (bicyclic) bond motifs is 3. The fourth-order valence-electron chi connectivity index (χ4n) is 7.71. The Balaban J connectivity index is 1.14. The molecule has 0 unspecified atom stereocenters. The summed E-state index contributed by atoms with van der Waals surface area (Å²) in [5, 5.41) is 3.48. The normalized spacial score (nSPS) is 11.2. The minimum Gasteiger partial charge on any atom is -0.248 e. The summed E-state index contributed by atoms with van der Waals surface area (Å²) in [6.07, 6.45) is 0. The highest BCUT2D eigenvalue weighted by molar-refractivity contribution is 6.18. The monoisotopic (exact) mass is 713 g/mol. The van der Waals surface area contributed by atoms with E-state index in [4.69, 9.17) is 15.0 Å². The van der Waals surface area contributed by atoms with Crippen molar-refractivity contribution in [3.05, 3.63) is 212 Å². The molecule has 0 aliphatic heterocycles. The van der Waals surface area contributed by atoms with Crippen LogP contribution in [0.25, 0.3) is 100 Å². The highest BCUT2D eigenvalue weighted by Gasteiger charge is 2.17. The minimum atomic E-state index is 0.677. The van der Waals surface area contributed by atoms with Crippen LogP contribution in [0.5, 0.6) is 0 Å². The van der Waals surface area contributed by atoms with Gasteiger partial charge in [0, 0.05) is 27.6 Å². The zero-order chi connectivity index (χ0) is 37.3. The van der Waals surface area contributed by atoms with Gasteiger partial charge in [-0.25, -0.2) is 15.0 Å². The van der Waals surface area contributed by atoms with Crippen molar-refractivity contribution in [1.82, 2.24) is 15.0 Å². The van der Waals surface area contributed by atoms with Crippen LogP contribution in [0.1, 0.15) is 0 Å². The lowest BCUT2D eigenvalue weighted by Gasteiger charge is -2.16. The lowest BCUT2D eigenvalue weighted by molar-refractivity contribution is 1.18. The average molecular weight is 714 g/mol. The average Bonchev–Trinajstić information content (AvgIpc) is 3.29. The van der Waals surface area contributed by atoms with Crippen molar-refractivity contribution in [3.63, 3.8) is 0 Å². The van der Waals surface area contributed by atoms with Gasteiger partial charge in [0.05, 0.1) is 22.6 Å². The van der Waals surface area contributed by atoms with Crippen LogP contribution >= 0.6 is 0 Å². The maximum Gasteiger partial charge on any atom is 0.160 e. The van der Waals surface area contributed by atoms with E-state index >= 15 is 0 Å². The maximum absolute atomic E-state index is 5.34. The van der Waals surface area contributed by atoms with E-state index in [2.05, 4.69) is 194 Å². The number of hydrogen-bond donors (Lipinski definition) is 0. The maximum atomic E-state index is 5.34. The largest absolute Gasteiger partial charge is 0.248 e. The molecule has 0 spiro atoms. The Morgan fingerprint density at radius 3 is 1.32 bits per heavy atom. The van der Waals surface area contributed by atoms with E-state index in [-0.39, 0.29) is 0 Å². The fraction of sp³-hybridized carbons (Fsp3) is 0. The molecule has 0 amide bonds. The van der Waals surface area contributed by atoms with Crippen molar-refractivity contribution >= 4 is 21.7 Å². The van der Waals surface area contributed by atoms with Gasteiger partial charge < -0.3 is 0 Å². The van der Waals surface area contributed by atoms with E-state index in [1.807, 2.05) is 18.2 Å². The Hall–Kier alpha value is -7.49. The summed E-state index contributed by atoms with van der Waals surface area (Å²) in [4.78, 5) is 15.7. The third-order valence-electron chi connectivity index (χ3n) is 10.5. The first-order valence-electron chi connectivity index (χ1n) is 18.9. The molecule has 56 heavy (non-hydrogen) atoms. The van der Waals surface area contributed by atoms with Crippen LogP contribution < -0.4 is 0 Å². The Morgan fingerprint density at radius 1 is 0.250 bits per heavy atom. The molecule has 0 atom stereocenters. The van der Waals surface area contributed by atoms with Gasteiger partial charge in [0.1, 0.15) is 0 Å². The second-order valence-corrected chi connectivity index (χ2v) is 14.0. The van der Waals surface area contributed by atoms with Crippen LogP contribution in [0.2, 0.25) is 0 Å². The van der Waals surface area contributed by atoms with Crippen LogP contribution in [0.3, 0.4) is 0 Å². The SMILES string of the molecule is c1ccc(-c2ccc(-c3cc(-c4ccccc4)nc(-c4cccc(-c5cc6nc(-c7ccccc7)cc(-c7ccccc7)c6c6ccccc56)c4)n3)cc2)cc1. The molecule has 0 aliphatic carbocycles. The summed E-state index contributed by atoms with van der Waals surface area (Å²) in [6, 6.07) is 74.5. The zero-order valence-electron chi connectivity index (χ0n) is 30.5. The molecular formula is C53H35N3. The zero-order valence-corrected chi connectivity index (χ0v) is 30.5. The van der Waals surface area contributed by atoms with Crippen LogP contribution in [0.15, 0.2) is 212 Å². The van der Waals surface area contributed by atoms with Crippen molar-refractivity contribution in [2.45, 2.75) is 0 Å². The standard InChI is InChI=1S/C53H35N3/c1-5-16-36(17-6-1)37-28-30-41(31-29-37)50-35-49(40-22-11-4-12-23-40)55-53(56-50)43-25-15-24-42(32-43)46-33-51-52(45-27-14-13-26-44(45)46)47(38-18-7-2-8-19-38)34-48(54-51)39-20-9-3-10-21-39/h1-35H. The van der Waals surface area contributed by atoms with Gasteiger partial charge in [-0.05, 0) is 68.4 Å². The molecule has 262 valence electrons. The summed E-state index contributed by atoms with van der Waals surface area (Å²) < 4.78 is 0. The van der Waals surface area contributed by atoms with Gasteiger partial charge in [-0.15, -0.1) is 0 Å². The molecule has 0 N–H and O–H groups in total. The van der Waals surface area contributed by atoms with Gasteiger partial charge in [-0.1, -0.05) is 188 Å². The van der Waals surface area contributed by atoms with Crippen LogP contribution in [0, 0.1) is 0 Å². The first kappa shape index (κ1) is 33.1. The van der Waals surface area contributed by atoms with Gasteiger partial charge in [0.15, 0.2) is 5.82 Å². The predicted molar refractivity (Wildman–Crippen MR) is 233 cm³/mol. The molecule has 3 heteroatoms. The van der Waals surface area contributed by atoms with E-state index in [1.54, 1.807) is 0 Å². The summed E-state index contributed by atoms with van der Waals surface area (Å²) >= 11 is 0. The van der Waals surface area contributed by atoms with Crippen molar-refractivity contribution < 1.29 is 0 Å². The first-order valence-corrected chi connectivity index (χ1v) is 18.9. The smallest absolute Gasteiger partial charge is 0.160 e. The molecule has 0 aliphatic rings. The van der Waals surface area contributed by atoms with E-state index < -0.39 is 0 Å². The molecule has 0 bridgehead atoms. The van der Waals surface area contributed by atoms with E-state index in [1.165, 1.54) is 27.5 Å². The molecule has 2 aromatic heterocycles. The lowest BCUT2D eigenvalue weighted by atomic mass is 9.90. The van der Waals surface area contributed by atoms with E-state index in [9.17, 15) is 0 Å². The summed E-state index contributed by atoms with van der Waals surface area (Å²) in [5.74, 6) is 0.677. The predicted octanol–water partition coefficient (Wildman–Crippen LogP) is 13.8. The van der Waals surface area contributed by atoms with Crippen molar-refractivity contribution in [3.8, 4) is 78.5 Å². The van der Waals surface area contributed by atoms with Gasteiger partial charge >= 0.3 is 0 Å². The van der Waals surface area contributed by atoms with E-state index in [0.717, 1.165) is 66.9 Å². The minimum absolute atomic E-state index is 0.677. The quantitative estimate of drug-likeness (QED) is 0.154. The van der Waals surface area contributed by atoms with Crippen LogP contribution in [-0.2, 0) is 0 Å². The molecule has 0 radical (unpaired) electrons. The second kappa shape index (κ2) is 14.4. The molecule has 2 heterocycles. The third kappa shape index (κ3) is 6.31.